The van der Waals surface area contributed by atoms with Crippen LogP contribution in [0.5, 0.6) is 0 Å². The van der Waals surface area contributed by atoms with Crippen molar-refractivity contribution < 1.29 is 0 Å². The monoisotopic (exact) mass is 254 g/mol. The second kappa shape index (κ2) is 6.37. The lowest BCUT2D eigenvalue weighted by atomic mass is 9.96. The molecule has 0 atom stereocenters. The molecule has 1 aromatic carbocycles. The number of aliphatic imine (C=N–C) groups is 1. The highest BCUT2D eigenvalue weighted by molar-refractivity contribution is 5.80. The van der Waals surface area contributed by atoms with Gasteiger partial charge in [-0.15, -0.1) is 0 Å². The van der Waals surface area contributed by atoms with Gasteiger partial charge < -0.3 is 4.98 Å². The highest BCUT2D eigenvalue weighted by atomic mass is 14.8. The van der Waals surface area contributed by atoms with Crippen LogP contribution in [0.3, 0.4) is 0 Å². The summed E-state index contributed by atoms with van der Waals surface area (Å²) < 4.78 is 0. The first-order valence-corrected chi connectivity index (χ1v) is 7.01. The van der Waals surface area contributed by atoms with Gasteiger partial charge in [0.2, 0.25) is 0 Å². The fraction of sp³-hybridized carbons (Fsp3) is 0.353. The van der Waals surface area contributed by atoms with Crippen molar-refractivity contribution in [2.75, 3.05) is 0 Å². The second-order valence-electron chi connectivity index (χ2n) is 5.14. The summed E-state index contributed by atoms with van der Waals surface area (Å²) in [5, 5.41) is 0. The first kappa shape index (κ1) is 13.6. The number of para-hydroxylation sites is 1. The minimum Gasteiger partial charge on any atom is -0.360 e. The summed E-state index contributed by atoms with van der Waals surface area (Å²) in [5.41, 5.74) is 4.86. The smallest absolute Gasteiger partial charge is 0.0697 e. The minimum atomic E-state index is 0.493. The molecule has 100 valence electrons. The van der Waals surface area contributed by atoms with Gasteiger partial charge in [-0.3, -0.25) is 4.99 Å². The van der Waals surface area contributed by atoms with Crippen LogP contribution in [-0.2, 0) is 6.42 Å². The number of hydrogen-bond acceptors (Lipinski definition) is 1. The average molecular weight is 254 g/mol. The van der Waals surface area contributed by atoms with Gasteiger partial charge in [0.15, 0.2) is 0 Å². The van der Waals surface area contributed by atoms with Gasteiger partial charge >= 0.3 is 0 Å². The van der Waals surface area contributed by atoms with Crippen molar-refractivity contribution in [2.45, 2.75) is 39.5 Å². The van der Waals surface area contributed by atoms with E-state index >= 15 is 0 Å². The van der Waals surface area contributed by atoms with E-state index in [1.165, 1.54) is 11.1 Å². The summed E-state index contributed by atoms with van der Waals surface area (Å²) in [5.74, 6) is 0.493. The van der Waals surface area contributed by atoms with Crippen molar-refractivity contribution in [3.63, 3.8) is 0 Å². The fourth-order valence-corrected chi connectivity index (χ4v) is 2.26. The maximum absolute atomic E-state index is 4.73. The number of H-pyrrole nitrogens is 1. The average Bonchev–Trinajstić information content (AvgIpc) is 2.90. The van der Waals surface area contributed by atoms with Crippen LogP contribution in [0, 0.1) is 0 Å². The van der Waals surface area contributed by atoms with Crippen molar-refractivity contribution in [3.05, 3.63) is 53.3 Å². The molecule has 2 nitrogen and oxygen atoms in total. The maximum Gasteiger partial charge on any atom is 0.0697 e. The molecule has 19 heavy (non-hydrogen) atoms. The third-order valence-electron chi connectivity index (χ3n) is 3.25. The molecular weight excluding hydrogens is 232 g/mol. The number of hydrogen-bond donors (Lipinski definition) is 1. The lowest BCUT2D eigenvalue weighted by molar-refractivity contribution is 0.854. The van der Waals surface area contributed by atoms with Crippen molar-refractivity contribution in [1.29, 1.82) is 0 Å². The van der Waals surface area contributed by atoms with E-state index in [-0.39, 0.29) is 0 Å². The first-order valence-electron chi connectivity index (χ1n) is 7.01. The quantitative estimate of drug-likeness (QED) is 0.739. The summed E-state index contributed by atoms with van der Waals surface area (Å²) in [4.78, 5) is 7.89. The van der Waals surface area contributed by atoms with Gasteiger partial charge in [0.25, 0.3) is 0 Å². The number of aromatic nitrogens is 1. The first-order chi connectivity index (χ1) is 9.22. The molecule has 0 aliphatic heterocycles. The SMILES string of the molecule is CCCc1cccc(C(C)C)c1N=Cc1ccc[nH]1. The number of nitrogens with one attached hydrogen (secondary N) is 1. The molecular formula is C17H22N2. The van der Waals surface area contributed by atoms with Crippen LogP contribution in [-0.4, -0.2) is 11.2 Å². The van der Waals surface area contributed by atoms with Crippen molar-refractivity contribution in [2.24, 2.45) is 4.99 Å². The Balaban J connectivity index is 2.40. The van der Waals surface area contributed by atoms with Crippen LogP contribution in [0.25, 0.3) is 0 Å². The summed E-state index contributed by atoms with van der Waals surface area (Å²) in [6.45, 7) is 6.65. The molecule has 1 N–H and O–H groups in total. The van der Waals surface area contributed by atoms with Crippen LogP contribution < -0.4 is 0 Å². The van der Waals surface area contributed by atoms with E-state index < -0.39 is 0 Å². The molecule has 0 bridgehead atoms. The summed E-state index contributed by atoms with van der Waals surface area (Å²) >= 11 is 0. The van der Waals surface area contributed by atoms with Crippen molar-refractivity contribution in [1.82, 2.24) is 4.98 Å². The Kier molecular flexibility index (Phi) is 4.56. The Morgan fingerprint density at radius 2 is 2.05 bits per heavy atom. The Morgan fingerprint density at radius 3 is 2.68 bits per heavy atom. The number of benzene rings is 1. The Bertz CT molecular complexity index is 536. The fourth-order valence-electron chi connectivity index (χ4n) is 2.26. The number of rotatable bonds is 5. The van der Waals surface area contributed by atoms with Gasteiger partial charge in [-0.05, 0) is 35.6 Å². The van der Waals surface area contributed by atoms with Gasteiger partial charge in [-0.2, -0.15) is 0 Å². The molecule has 1 aromatic heterocycles. The third kappa shape index (κ3) is 3.34. The summed E-state index contributed by atoms with van der Waals surface area (Å²) in [6.07, 6.45) is 6.06. The van der Waals surface area contributed by atoms with E-state index in [9.17, 15) is 0 Å². The highest BCUT2D eigenvalue weighted by Gasteiger charge is 2.09. The van der Waals surface area contributed by atoms with E-state index in [0.29, 0.717) is 5.92 Å². The van der Waals surface area contributed by atoms with E-state index in [2.05, 4.69) is 44.0 Å². The molecule has 0 amide bonds. The zero-order valence-electron chi connectivity index (χ0n) is 12.0. The van der Waals surface area contributed by atoms with Gasteiger partial charge in [-0.25, -0.2) is 0 Å². The Labute approximate surface area is 115 Å². The lowest BCUT2D eigenvalue weighted by Gasteiger charge is -2.13. The predicted molar refractivity (Wildman–Crippen MR) is 82.6 cm³/mol. The van der Waals surface area contributed by atoms with Gasteiger partial charge in [-0.1, -0.05) is 45.4 Å². The molecule has 0 aliphatic rings. The molecule has 2 aromatic rings. The van der Waals surface area contributed by atoms with Crippen LogP contribution in [0.4, 0.5) is 5.69 Å². The Morgan fingerprint density at radius 1 is 1.21 bits per heavy atom. The molecule has 0 spiro atoms. The van der Waals surface area contributed by atoms with Crippen LogP contribution in [0.2, 0.25) is 0 Å². The number of nitrogens with zero attached hydrogens (tertiary/aromatic N) is 1. The summed E-state index contributed by atoms with van der Waals surface area (Å²) in [6, 6.07) is 10.5. The Hall–Kier alpha value is -1.83. The molecule has 0 aliphatic carbocycles. The van der Waals surface area contributed by atoms with E-state index in [4.69, 9.17) is 4.99 Å². The van der Waals surface area contributed by atoms with Crippen LogP contribution >= 0.6 is 0 Å². The van der Waals surface area contributed by atoms with Crippen LogP contribution in [0.1, 0.15) is 49.9 Å². The third-order valence-corrected chi connectivity index (χ3v) is 3.25. The molecule has 0 unspecified atom stereocenters. The molecule has 0 saturated carbocycles. The van der Waals surface area contributed by atoms with Crippen LogP contribution in [0.15, 0.2) is 41.5 Å². The van der Waals surface area contributed by atoms with Gasteiger partial charge in [0.1, 0.15) is 0 Å². The van der Waals surface area contributed by atoms with Gasteiger partial charge in [0, 0.05) is 6.20 Å². The molecule has 2 heteroatoms. The molecule has 2 rings (SSSR count). The predicted octanol–water partition coefficient (Wildman–Crippen LogP) is 4.84. The summed E-state index contributed by atoms with van der Waals surface area (Å²) in [7, 11) is 0. The molecule has 1 heterocycles. The number of aromatic amines is 1. The van der Waals surface area contributed by atoms with Crippen molar-refractivity contribution in [3.8, 4) is 0 Å². The van der Waals surface area contributed by atoms with E-state index in [1.807, 2.05) is 24.5 Å². The standard InChI is InChI=1S/C17H22N2/c1-4-7-14-8-5-10-16(13(2)3)17(14)19-12-15-9-6-11-18-15/h5-6,8-13,18H,4,7H2,1-3H3. The zero-order valence-corrected chi connectivity index (χ0v) is 12.0. The molecule has 0 radical (unpaired) electrons. The number of aryl methyl sites for hydroxylation is 1. The maximum atomic E-state index is 4.73. The van der Waals surface area contributed by atoms with E-state index in [1.54, 1.807) is 0 Å². The second-order valence-corrected chi connectivity index (χ2v) is 5.14. The highest BCUT2D eigenvalue weighted by Crippen LogP contribution is 2.31. The van der Waals surface area contributed by atoms with Crippen molar-refractivity contribution >= 4 is 11.9 Å². The molecule has 0 saturated heterocycles. The minimum absolute atomic E-state index is 0.493. The topological polar surface area (TPSA) is 28.1 Å². The lowest BCUT2D eigenvalue weighted by Crippen LogP contribution is -1.94. The molecule has 0 fully saturated rings. The normalized spacial score (nSPS) is 11.6. The largest absolute Gasteiger partial charge is 0.360 e. The van der Waals surface area contributed by atoms with Gasteiger partial charge in [0.05, 0.1) is 17.6 Å². The zero-order chi connectivity index (χ0) is 13.7. The van der Waals surface area contributed by atoms with E-state index in [0.717, 1.165) is 24.2 Å².